The lowest BCUT2D eigenvalue weighted by atomic mass is 10.1. The van der Waals surface area contributed by atoms with Gasteiger partial charge in [0.1, 0.15) is 0 Å². The average Bonchev–Trinajstić information content (AvgIpc) is 3.13. The Kier molecular flexibility index (Phi) is 6.05. The van der Waals surface area contributed by atoms with Gasteiger partial charge in [0.05, 0.1) is 21.2 Å². The van der Waals surface area contributed by atoms with Gasteiger partial charge in [-0.05, 0) is 56.0 Å². The Morgan fingerprint density at radius 3 is 1.03 bits per heavy atom. The van der Waals surface area contributed by atoms with E-state index in [0.29, 0.717) is 32.9 Å². The molecule has 3 aromatic rings. The molecule has 1 aromatic carbocycles. The van der Waals surface area contributed by atoms with E-state index >= 15 is 0 Å². The summed E-state index contributed by atoms with van der Waals surface area (Å²) < 4.78 is 0. The molecule has 0 fully saturated rings. The number of hydrogen-bond acceptors (Lipinski definition) is 4. The van der Waals surface area contributed by atoms with Crippen molar-refractivity contribution in [2.24, 2.45) is 0 Å². The Balaban J connectivity index is 2.42. The quantitative estimate of drug-likeness (QED) is 0.357. The molecular weight excluding hydrogens is 454 g/mol. The summed E-state index contributed by atoms with van der Waals surface area (Å²) in [6.07, 6.45) is 0. The van der Waals surface area contributed by atoms with Gasteiger partial charge in [0.2, 0.25) is 0 Å². The van der Waals surface area contributed by atoms with E-state index in [9.17, 15) is 39.6 Å². The van der Waals surface area contributed by atoms with Gasteiger partial charge in [-0.25, -0.2) is 19.2 Å². The van der Waals surface area contributed by atoms with Crippen molar-refractivity contribution in [3.05, 3.63) is 67.7 Å². The van der Waals surface area contributed by atoms with Gasteiger partial charge in [-0.1, -0.05) is 33.3 Å². The van der Waals surface area contributed by atoms with Crippen LogP contribution in [-0.4, -0.2) is 44.3 Å². The van der Waals surface area contributed by atoms with Gasteiger partial charge >= 0.3 is 23.9 Å². The molecule has 32 heavy (non-hydrogen) atoms. The zero-order valence-electron chi connectivity index (χ0n) is 17.6. The summed E-state index contributed by atoms with van der Waals surface area (Å²) >= 11 is 0. The molecular formula is C22H20O8P2. The number of carbonyl (C=O) groups is 4. The third-order valence-electron chi connectivity index (χ3n) is 5.60. The van der Waals surface area contributed by atoms with Crippen LogP contribution in [0.2, 0.25) is 0 Å². The van der Waals surface area contributed by atoms with E-state index in [1.807, 2.05) is 0 Å². The SMILES string of the molecule is Cc1c(C)c(C(=O)O)p(-c2cccc(-p3c(C(=O)O)c(C)c(C)c3C(=O)O)c2)c1C(=O)O. The van der Waals surface area contributed by atoms with Gasteiger partial charge in [-0.2, -0.15) is 0 Å². The molecule has 0 unspecified atom stereocenters. The van der Waals surface area contributed by atoms with Crippen molar-refractivity contribution in [2.45, 2.75) is 27.7 Å². The first kappa shape index (κ1) is 23.3. The first-order valence-corrected chi connectivity index (χ1v) is 12.1. The van der Waals surface area contributed by atoms with Gasteiger partial charge in [-0.3, -0.25) is 0 Å². The molecule has 0 atom stereocenters. The minimum absolute atomic E-state index is 0.00149. The van der Waals surface area contributed by atoms with Gasteiger partial charge < -0.3 is 20.4 Å². The standard InChI is InChI=1S/C22H20O8P2/c1-9-10(2)16(20(25)26)31(15(9)19(23)24)13-6-5-7-14(8-13)32-17(21(27)28)11(3)12(4)18(32)22(29)30/h5-8H,1-4H3,(H,23,24)(H,25,26)(H,27,28)(H,29,30). The van der Waals surface area contributed by atoms with Crippen LogP contribution in [0.4, 0.5) is 0 Å². The summed E-state index contributed by atoms with van der Waals surface area (Å²) in [5.74, 6) is -4.87. The Morgan fingerprint density at radius 2 is 0.812 bits per heavy atom. The summed E-state index contributed by atoms with van der Waals surface area (Å²) in [7, 11) is -3.79. The highest BCUT2D eigenvalue weighted by Gasteiger charge is 2.30. The maximum absolute atomic E-state index is 12.0. The number of carboxylic acids is 4. The molecule has 0 spiro atoms. The zero-order valence-corrected chi connectivity index (χ0v) is 19.4. The number of carboxylic acid groups (broad SMARTS) is 4. The molecule has 2 heterocycles. The number of aromatic carboxylic acids is 4. The summed E-state index contributed by atoms with van der Waals surface area (Å²) in [6, 6.07) is 6.35. The van der Waals surface area contributed by atoms with E-state index in [2.05, 4.69) is 0 Å². The number of rotatable bonds is 6. The molecule has 8 nitrogen and oxygen atoms in total. The smallest absolute Gasteiger partial charge is 0.340 e. The van der Waals surface area contributed by atoms with Crippen LogP contribution in [0.15, 0.2) is 24.3 Å². The van der Waals surface area contributed by atoms with Crippen molar-refractivity contribution in [1.82, 2.24) is 0 Å². The molecule has 2 aromatic heterocycles. The summed E-state index contributed by atoms with van der Waals surface area (Å²) in [5, 5.41) is 40.0. The molecule has 0 saturated heterocycles. The van der Waals surface area contributed by atoms with Crippen molar-refractivity contribution >= 4 is 38.9 Å². The van der Waals surface area contributed by atoms with Crippen LogP contribution in [0.25, 0.3) is 10.6 Å². The fourth-order valence-corrected chi connectivity index (χ4v) is 9.28. The van der Waals surface area contributed by atoms with E-state index in [1.165, 1.54) is 0 Å². The predicted molar refractivity (Wildman–Crippen MR) is 121 cm³/mol. The van der Waals surface area contributed by atoms with Crippen LogP contribution >= 0.6 is 15.1 Å². The summed E-state index contributed by atoms with van der Waals surface area (Å²) in [4.78, 5) is 48.0. The third-order valence-corrected chi connectivity index (χ3v) is 11.1. The van der Waals surface area contributed by atoms with Gasteiger partial charge in [0.25, 0.3) is 0 Å². The van der Waals surface area contributed by atoms with Crippen molar-refractivity contribution in [3.63, 3.8) is 0 Å². The Morgan fingerprint density at radius 1 is 0.562 bits per heavy atom. The Bertz CT molecular complexity index is 1150. The van der Waals surface area contributed by atoms with Gasteiger partial charge in [0, 0.05) is 10.6 Å². The molecule has 10 heteroatoms. The minimum Gasteiger partial charge on any atom is -0.477 e. The first-order chi connectivity index (χ1) is 14.9. The van der Waals surface area contributed by atoms with Crippen LogP contribution in [0.5, 0.6) is 0 Å². The van der Waals surface area contributed by atoms with Crippen LogP contribution in [0.3, 0.4) is 0 Å². The van der Waals surface area contributed by atoms with E-state index in [1.54, 1.807) is 52.0 Å². The Hall–Kier alpha value is -3.34. The van der Waals surface area contributed by atoms with Crippen molar-refractivity contribution in [1.29, 1.82) is 0 Å². The molecule has 4 N–H and O–H groups in total. The topological polar surface area (TPSA) is 149 Å². The molecule has 0 aliphatic rings. The largest absolute Gasteiger partial charge is 0.477 e. The molecule has 0 aliphatic heterocycles. The molecule has 0 amide bonds. The maximum atomic E-state index is 12.0. The minimum atomic E-state index is -1.89. The monoisotopic (exact) mass is 474 g/mol. The Labute approximate surface area is 184 Å². The molecule has 3 rings (SSSR count). The highest BCUT2D eigenvalue weighted by atomic mass is 31.1. The normalized spacial score (nSPS) is 10.9. The van der Waals surface area contributed by atoms with E-state index < -0.39 is 38.9 Å². The molecule has 0 bridgehead atoms. The van der Waals surface area contributed by atoms with Crippen LogP contribution in [-0.2, 0) is 0 Å². The van der Waals surface area contributed by atoms with Crippen molar-refractivity contribution < 1.29 is 39.6 Å². The van der Waals surface area contributed by atoms with E-state index in [-0.39, 0.29) is 21.2 Å². The average molecular weight is 474 g/mol. The van der Waals surface area contributed by atoms with Crippen molar-refractivity contribution in [2.75, 3.05) is 0 Å². The van der Waals surface area contributed by atoms with Crippen molar-refractivity contribution in [3.8, 4) is 10.6 Å². The predicted octanol–water partition coefficient (Wildman–Crippen LogP) is 5.66. The zero-order chi connectivity index (χ0) is 24.1. The lowest BCUT2D eigenvalue weighted by Gasteiger charge is -2.11. The van der Waals surface area contributed by atoms with E-state index in [4.69, 9.17) is 0 Å². The second-order valence-electron chi connectivity index (χ2n) is 7.31. The lowest BCUT2D eigenvalue weighted by Crippen LogP contribution is -1.97. The van der Waals surface area contributed by atoms with Gasteiger partial charge in [-0.15, -0.1) is 0 Å². The highest BCUT2D eigenvalue weighted by molar-refractivity contribution is 7.62. The lowest BCUT2D eigenvalue weighted by molar-refractivity contribution is 0.0688. The summed E-state index contributed by atoms with van der Waals surface area (Å²) in [6.45, 7) is 6.27. The number of benzene rings is 1. The van der Waals surface area contributed by atoms with Gasteiger partial charge in [0.15, 0.2) is 0 Å². The maximum Gasteiger partial charge on any atom is 0.340 e. The van der Waals surface area contributed by atoms with E-state index in [0.717, 1.165) is 0 Å². The second-order valence-corrected chi connectivity index (χ2v) is 11.5. The fraction of sp³-hybridized carbons (Fsp3) is 0.182. The van der Waals surface area contributed by atoms with Crippen LogP contribution < -0.4 is 0 Å². The summed E-state index contributed by atoms with van der Waals surface area (Å²) in [5.41, 5.74) is 1.56. The number of hydrogen-bond donors (Lipinski definition) is 4. The highest BCUT2D eigenvalue weighted by Crippen LogP contribution is 2.56. The fourth-order valence-electron chi connectivity index (χ4n) is 3.92. The molecule has 0 aliphatic carbocycles. The molecule has 0 radical (unpaired) electrons. The molecule has 0 saturated carbocycles. The molecule has 166 valence electrons. The second kappa shape index (κ2) is 8.30. The first-order valence-electron chi connectivity index (χ1n) is 9.37. The third kappa shape index (κ3) is 3.52. The van der Waals surface area contributed by atoms with Crippen LogP contribution in [0.1, 0.15) is 62.6 Å². The van der Waals surface area contributed by atoms with Crippen LogP contribution in [0, 0.1) is 27.7 Å².